The highest BCUT2D eigenvalue weighted by Crippen LogP contribution is 2.21. The molecule has 5 heteroatoms. The number of nitrogens with zero attached hydrogens (tertiary/aromatic N) is 2. The van der Waals surface area contributed by atoms with Gasteiger partial charge in [0.2, 0.25) is 0 Å². The molecule has 14 heavy (non-hydrogen) atoms. The highest BCUT2D eigenvalue weighted by Gasteiger charge is 2.04. The molecule has 0 aromatic carbocycles. The average Bonchev–Trinajstić information content (AvgIpc) is 2.18. The number of nitrogens with one attached hydrogen (secondary N) is 1. The summed E-state index contributed by atoms with van der Waals surface area (Å²) in [6.45, 7) is 0. The second-order valence-electron chi connectivity index (χ2n) is 2.62. The van der Waals surface area contributed by atoms with Crippen LogP contribution in [0.25, 0.3) is 11.5 Å². The minimum absolute atomic E-state index is 0.646. The molecule has 70 valence electrons. The first-order valence-electron chi connectivity index (χ1n) is 3.93. The summed E-state index contributed by atoms with van der Waals surface area (Å²) >= 11 is 8.41. The summed E-state index contributed by atoms with van der Waals surface area (Å²) in [6.07, 6.45) is 3.38. The minimum Gasteiger partial charge on any atom is -0.329 e. The Morgan fingerprint density at radius 3 is 2.79 bits per heavy atom. The van der Waals surface area contributed by atoms with Crippen molar-refractivity contribution in [1.82, 2.24) is 15.0 Å². The van der Waals surface area contributed by atoms with Crippen LogP contribution >= 0.6 is 28.1 Å². The third kappa shape index (κ3) is 1.88. The number of hydrogen-bond acceptors (Lipinski definition) is 3. The largest absolute Gasteiger partial charge is 0.329 e. The topological polar surface area (TPSA) is 41.6 Å². The summed E-state index contributed by atoms with van der Waals surface area (Å²) < 4.78 is 1.54. The van der Waals surface area contributed by atoms with E-state index in [1.54, 1.807) is 18.5 Å². The Bertz CT molecular complexity index is 509. The van der Waals surface area contributed by atoms with Gasteiger partial charge in [0, 0.05) is 16.9 Å². The Balaban J connectivity index is 2.61. The van der Waals surface area contributed by atoms with E-state index in [0.717, 1.165) is 10.2 Å². The smallest absolute Gasteiger partial charge is 0.158 e. The zero-order chi connectivity index (χ0) is 9.97. The average molecular weight is 268 g/mol. The van der Waals surface area contributed by atoms with Crippen LogP contribution in [0.2, 0.25) is 0 Å². The molecule has 2 aromatic rings. The van der Waals surface area contributed by atoms with Gasteiger partial charge in [-0.2, -0.15) is 0 Å². The van der Waals surface area contributed by atoms with Crippen LogP contribution in [0.1, 0.15) is 0 Å². The van der Waals surface area contributed by atoms with Gasteiger partial charge in [-0.15, -0.1) is 0 Å². The molecule has 0 unspecified atom stereocenters. The van der Waals surface area contributed by atoms with Crippen LogP contribution in [0.4, 0.5) is 0 Å². The van der Waals surface area contributed by atoms with Gasteiger partial charge in [-0.25, -0.2) is 4.98 Å². The van der Waals surface area contributed by atoms with Gasteiger partial charge in [0.05, 0.1) is 0 Å². The van der Waals surface area contributed by atoms with Crippen molar-refractivity contribution in [2.75, 3.05) is 0 Å². The van der Waals surface area contributed by atoms with E-state index in [1.807, 2.05) is 12.1 Å². The van der Waals surface area contributed by atoms with Crippen molar-refractivity contribution in [1.29, 1.82) is 0 Å². The minimum atomic E-state index is 0.646. The van der Waals surface area contributed by atoms with Crippen molar-refractivity contribution in [3.05, 3.63) is 39.7 Å². The number of halogens is 1. The van der Waals surface area contributed by atoms with Crippen LogP contribution in [-0.4, -0.2) is 15.0 Å². The Morgan fingerprint density at radius 1 is 1.21 bits per heavy atom. The van der Waals surface area contributed by atoms with Gasteiger partial charge >= 0.3 is 0 Å². The third-order valence-electron chi connectivity index (χ3n) is 1.65. The standard InChI is InChI=1S/C9H6BrN3S/c10-6-2-1-4-11-8(6)9-12-5-3-7(14)13-9/h1-5H,(H,12,13,14). The van der Waals surface area contributed by atoms with Crippen molar-refractivity contribution in [2.45, 2.75) is 0 Å². The first-order chi connectivity index (χ1) is 6.77. The van der Waals surface area contributed by atoms with Gasteiger partial charge in [0.1, 0.15) is 10.3 Å². The van der Waals surface area contributed by atoms with E-state index >= 15 is 0 Å². The first-order valence-corrected chi connectivity index (χ1v) is 5.14. The zero-order valence-electron chi connectivity index (χ0n) is 7.07. The molecule has 0 atom stereocenters. The predicted octanol–water partition coefficient (Wildman–Crippen LogP) is 2.96. The number of aromatic nitrogens is 3. The molecule has 0 aliphatic rings. The summed E-state index contributed by atoms with van der Waals surface area (Å²) in [7, 11) is 0. The molecule has 1 N–H and O–H groups in total. The molecule has 3 nitrogen and oxygen atoms in total. The molecule has 0 aliphatic carbocycles. The van der Waals surface area contributed by atoms with Crippen LogP contribution in [0.3, 0.4) is 0 Å². The van der Waals surface area contributed by atoms with E-state index in [2.05, 4.69) is 30.9 Å². The van der Waals surface area contributed by atoms with Crippen LogP contribution in [0.5, 0.6) is 0 Å². The quantitative estimate of drug-likeness (QED) is 0.808. The van der Waals surface area contributed by atoms with Crippen molar-refractivity contribution in [2.24, 2.45) is 0 Å². The summed E-state index contributed by atoms with van der Waals surface area (Å²) in [6, 6.07) is 5.49. The molecular weight excluding hydrogens is 262 g/mol. The predicted molar refractivity (Wildman–Crippen MR) is 60.4 cm³/mol. The second-order valence-corrected chi connectivity index (χ2v) is 3.91. The number of pyridine rings is 1. The molecule has 0 fully saturated rings. The summed E-state index contributed by atoms with van der Waals surface area (Å²) in [5.41, 5.74) is 0.763. The number of hydrogen-bond donors (Lipinski definition) is 1. The Morgan fingerprint density at radius 2 is 2.07 bits per heavy atom. The van der Waals surface area contributed by atoms with Crippen molar-refractivity contribution in [3.63, 3.8) is 0 Å². The van der Waals surface area contributed by atoms with E-state index < -0.39 is 0 Å². The Hall–Kier alpha value is -1.07. The Labute approximate surface area is 94.4 Å². The lowest BCUT2D eigenvalue weighted by atomic mass is 10.3. The molecule has 2 heterocycles. The number of rotatable bonds is 1. The maximum absolute atomic E-state index is 5.00. The molecule has 0 bridgehead atoms. The molecule has 0 radical (unpaired) electrons. The lowest BCUT2D eigenvalue weighted by molar-refractivity contribution is 1.12. The number of aromatic amines is 1. The van der Waals surface area contributed by atoms with E-state index in [9.17, 15) is 0 Å². The number of H-pyrrole nitrogens is 1. The first kappa shape index (κ1) is 9.48. The fraction of sp³-hybridized carbons (Fsp3) is 0. The van der Waals surface area contributed by atoms with Crippen molar-refractivity contribution >= 4 is 28.1 Å². The molecule has 0 aliphatic heterocycles. The van der Waals surface area contributed by atoms with Gasteiger partial charge < -0.3 is 4.98 Å². The van der Waals surface area contributed by atoms with Crippen LogP contribution in [-0.2, 0) is 0 Å². The van der Waals surface area contributed by atoms with E-state index in [0.29, 0.717) is 10.5 Å². The molecule has 0 saturated heterocycles. The van der Waals surface area contributed by atoms with Crippen molar-refractivity contribution < 1.29 is 0 Å². The van der Waals surface area contributed by atoms with E-state index in [4.69, 9.17) is 12.2 Å². The van der Waals surface area contributed by atoms with Crippen LogP contribution in [0.15, 0.2) is 35.1 Å². The molecular formula is C9H6BrN3S. The summed E-state index contributed by atoms with van der Waals surface area (Å²) in [5.74, 6) is 0.671. The third-order valence-corrected chi connectivity index (χ3v) is 2.53. The molecule has 2 rings (SSSR count). The summed E-state index contributed by atoms with van der Waals surface area (Å²) in [4.78, 5) is 11.3. The van der Waals surface area contributed by atoms with Gasteiger partial charge in [0.25, 0.3) is 0 Å². The van der Waals surface area contributed by atoms with Crippen LogP contribution in [0, 0.1) is 4.64 Å². The summed E-state index contributed by atoms with van der Waals surface area (Å²) in [5, 5.41) is 0. The second kappa shape index (κ2) is 3.98. The van der Waals surface area contributed by atoms with E-state index in [-0.39, 0.29) is 0 Å². The maximum atomic E-state index is 5.00. The van der Waals surface area contributed by atoms with Gasteiger partial charge in [0.15, 0.2) is 5.82 Å². The highest BCUT2D eigenvalue weighted by atomic mass is 79.9. The van der Waals surface area contributed by atoms with Gasteiger partial charge in [-0.3, -0.25) is 4.98 Å². The fourth-order valence-electron chi connectivity index (χ4n) is 1.05. The lowest BCUT2D eigenvalue weighted by Gasteiger charge is -2.01. The maximum Gasteiger partial charge on any atom is 0.158 e. The van der Waals surface area contributed by atoms with Gasteiger partial charge in [-0.05, 0) is 34.1 Å². The monoisotopic (exact) mass is 267 g/mol. The zero-order valence-corrected chi connectivity index (χ0v) is 9.47. The fourth-order valence-corrected chi connectivity index (χ4v) is 1.65. The van der Waals surface area contributed by atoms with Crippen molar-refractivity contribution in [3.8, 4) is 11.5 Å². The lowest BCUT2D eigenvalue weighted by Crippen LogP contribution is -1.91. The van der Waals surface area contributed by atoms with E-state index in [1.165, 1.54) is 0 Å². The SMILES string of the molecule is S=c1ccnc(-c2ncccc2Br)[nH]1. The molecule has 0 amide bonds. The van der Waals surface area contributed by atoms with Gasteiger partial charge in [-0.1, -0.05) is 12.2 Å². The van der Waals surface area contributed by atoms with Crippen LogP contribution < -0.4 is 0 Å². The molecule has 0 saturated carbocycles. The Kier molecular flexibility index (Phi) is 2.69. The highest BCUT2D eigenvalue weighted by molar-refractivity contribution is 9.10. The normalized spacial score (nSPS) is 10.1. The molecule has 2 aromatic heterocycles. The molecule has 0 spiro atoms.